The molecule has 4 rings (SSSR count). The fourth-order valence-electron chi connectivity index (χ4n) is 4.52. The number of aliphatic imine (C=N–C) groups is 1. The molecule has 0 radical (unpaired) electrons. The molecule has 194 valence electrons. The number of hydrogen-bond donors (Lipinski definition) is 2. The zero-order chi connectivity index (χ0) is 26.4. The van der Waals surface area contributed by atoms with Gasteiger partial charge < -0.3 is 19.6 Å². The molecule has 37 heavy (non-hydrogen) atoms. The molecule has 0 saturated carbocycles. The SMILES string of the molecule is CCOc1cc2[nH]c(O)c(C(=Nc3ccc(CN(CC)C(C)C)cc3)c3ccccc3)c2cc1OCC. The summed E-state index contributed by atoms with van der Waals surface area (Å²) in [7, 11) is 0. The van der Waals surface area contributed by atoms with Crippen molar-refractivity contribution in [2.45, 2.75) is 47.2 Å². The molecular weight excluding hydrogens is 462 g/mol. The average Bonchev–Trinajstić information content (AvgIpc) is 3.21. The molecule has 0 bridgehead atoms. The van der Waals surface area contributed by atoms with Crippen molar-refractivity contribution in [2.75, 3.05) is 19.8 Å². The summed E-state index contributed by atoms with van der Waals surface area (Å²) in [6.07, 6.45) is 0. The molecule has 4 aromatic rings. The summed E-state index contributed by atoms with van der Waals surface area (Å²) in [5.41, 5.74) is 5.04. The number of hydrogen-bond acceptors (Lipinski definition) is 5. The van der Waals surface area contributed by atoms with Crippen molar-refractivity contribution in [3.8, 4) is 17.4 Å². The van der Waals surface area contributed by atoms with E-state index in [4.69, 9.17) is 14.5 Å². The molecule has 2 N–H and O–H groups in total. The molecule has 0 amide bonds. The van der Waals surface area contributed by atoms with E-state index in [1.807, 2.05) is 68.4 Å². The minimum Gasteiger partial charge on any atom is -0.494 e. The van der Waals surface area contributed by atoms with E-state index in [0.29, 0.717) is 42.0 Å². The van der Waals surface area contributed by atoms with Gasteiger partial charge >= 0.3 is 0 Å². The van der Waals surface area contributed by atoms with Gasteiger partial charge in [-0.05, 0) is 58.0 Å². The van der Waals surface area contributed by atoms with Crippen molar-refractivity contribution in [2.24, 2.45) is 4.99 Å². The fraction of sp³-hybridized carbons (Fsp3) is 0.323. The van der Waals surface area contributed by atoms with E-state index in [2.05, 4.69) is 42.8 Å². The first kappa shape index (κ1) is 26.3. The molecule has 6 heteroatoms. The van der Waals surface area contributed by atoms with Crippen LogP contribution in [0.25, 0.3) is 10.9 Å². The van der Waals surface area contributed by atoms with Crippen LogP contribution in [0.3, 0.4) is 0 Å². The van der Waals surface area contributed by atoms with E-state index in [1.165, 1.54) is 5.56 Å². The first-order chi connectivity index (χ1) is 17.9. The Morgan fingerprint density at radius 1 is 0.919 bits per heavy atom. The molecule has 0 aliphatic carbocycles. The highest BCUT2D eigenvalue weighted by Crippen LogP contribution is 2.38. The molecule has 1 heterocycles. The van der Waals surface area contributed by atoms with Crippen LogP contribution >= 0.6 is 0 Å². The molecule has 1 aromatic heterocycles. The van der Waals surface area contributed by atoms with Gasteiger partial charge in [-0.25, -0.2) is 4.99 Å². The first-order valence-electron chi connectivity index (χ1n) is 13.1. The number of nitrogens with one attached hydrogen (secondary N) is 1. The Bertz CT molecular complexity index is 1340. The molecule has 0 aliphatic rings. The lowest BCUT2D eigenvalue weighted by molar-refractivity contribution is 0.225. The number of ether oxygens (including phenoxy) is 2. The molecule has 0 saturated heterocycles. The fourth-order valence-corrected chi connectivity index (χ4v) is 4.52. The molecular formula is C31H37N3O3. The van der Waals surface area contributed by atoms with Crippen molar-refractivity contribution >= 4 is 22.3 Å². The highest BCUT2D eigenvalue weighted by Gasteiger charge is 2.21. The van der Waals surface area contributed by atoms with E-state index < -0.39 is 0 Å². The zero-order valence-corrected chi connectivity index (χ0v) is 22.4. The number of benzene rings is 3. The molecule has 0 atom stereocenters. The maximum absolute atomic E-state index is 11.1. The van der Waals surface area contributed by atoms with Crippen molar-refractivity contribution < 1.29 is 14.6 Å². The van der Waals surface area contributed by atoms with Crippen molar-refractivity contribution in [1.82, 2.24) is 9.88 Å². The van der Waals surface area contributed by atoms with E-state index in [0.717, 1.165) is 35.2 Å². The second-order valence-corrected chi connectivity index (χ2v) is 9.21. The topological polar surface area (TPSA) is 70.1 Å². The lowest BCUT2D eigenvalue weighted by Gasteiger charge is -2.24. The number of nitrogens with zero attached hydrogens (tertiary/aromatic N) is 2. The summed E-state index contributed by atoms with van der Waals surface area (Å²) in [5.74, 6) is 1.33. The lowest BCUT2D eigenvalue weighted by atomic mass is 10.0. The van der Waals surface area contributed by atoms with Crippen molar-refractivity contribution in [3.05, 3.63) is 83.4 Å². The van der Waals surface area contributed by atoms with Gasteiger partial charge in [0.15, 0.2) is 17.4 Å². The molecule has 0 fully saturated rings. The lowest BCUT2D eigenvalue weighted by Crippen LogP contribution is -2.29. The predicted molar refractivity (Wildman–Crippen MR) is 152 cm³/mol. The van der Waals surface area contributed by atoms with Crippen LogP contribution in [0.5, 0.6) is 17.4 Å². The smallest absolute Gasteiger partial charge is 0.199 e. The van der Waals surface area contributed by atoms with Crippen LogP contribution in [0.15, 0.2) is 71.7 Å². The number of aromatic nitrogens is 1. The Labute approximate surface area is 219 Å². The van der Waals surface area contributed by atoms with Crippen LogP contribution in [0.2, 0.25) is 0 Å². The Balaban J connectivity index is 1.82. The quantitative estimate of drug-likeness (QED) is 0.217. The van der Waals surface area contributed by atoms with Crippen LogP contribution < -0.4 is 9.47 Å². The third-order valence-corrected chi connectivity index (χ3v) is 6.43. The van der Waals surface area contributed by atoms with Gasteiger partial charge in [0.2, 0.25) is 0 Å². The molecule has 6 nitrogen and oxygen atoms in total. The molecule has 0 aliphatic heterocycles. The van der Waals surface area contributed by atoms with E-state index in [9.17, 15) is 5.11 Å². The summed E-state index contributed by atoms with van der Waals surface area (Å²) in [5, 5.41) is 11.9. The number of aromatic hydroxyl groups is 1. The zero-order valence-electron chi connectivity index (χ0n) is 22.4. The van der Waals surface area contributed by atoms with Crippen molar-refractivity contribution in [1.29, 1.82) is 0 Å². The van der Waals surface area contributed by atoms with Crippen LogP contribution in [0.4, 0.5) is 5.69 Å². The number of H-pyrrole nitrogens is 1. The Morgan fingerprint density at radius 2 is 1.57 bits per heavy atom. The Hall–Kier alpha value is -3.77. The summed E-state index contributed by atoms with van der Waals surface area (Å²) in [4.78, 5) is 10.6. The monoisotopic (exact) mass is 499 g/mol. The third kappa shape index (κ3) is 5.97. The van der Waals surface area contributed by atoms with Gasteiger partial charge in [-0.2, -0.15) is 0 Å². The van der Waals surface area contributed by atoms with Crippen LogP contribution in [-0.2, 0) is 6.54 Å². The van der Waals surface area contributed by atoms with Crippen molar-refractivity contribution in [3.63, 3.8) is 0 Å². The van der Waals surface area contributed by atoms with Gasteiger partial charge in [-0.3, -0.25) is 4.90 Å². The Morgan fingerprint density at radius 3 is 2.16 bits per heavy atom. The second kappa shape index (κ2) is 12.0. The highest BCUT2D eigenvalue weighted by atomic mass is 16.5. The summed E-state index contributed by atoms with van der Waals surface area (Å²) >= 11 is 0. The first-order valence-corrected chi connectivity index (χ1v) is 13.1. The van der Waals surface area contributed by atoms with E-state index >= 15 is 0 Å². The van der Waals surface area contributed by atoms with Crippen LogP contribution in [0.1, 0.15) is 51.3 Å². The molecule has 3 aromatic carbocycles. The second-order valence-electron chi connectivity index (χ2n) is 9.21. The average molecular weight is 500 g/mol. The van der Waals surface area contributed by atoms with E-state index in [1.54, 1.807) is 0 Å². The summed E-state index contributed by atoms with van der Waals surface area (Å²) < 4.78 is 11.7. The largest absolute Gasteiger partial charge is 0.494 e. The highest BCUT2D eigenvalue weighted by molar-refractivity contribution is 6.22. The van der Waals surface area contributed by atoms with E-state index in [-0.39, 0.29) is 5.88 Å². The normalized spacial score (nSPS) is 12.0. The summed E-state index contributed by atoms with van der Waals surface area (Å²) in [6.45, 7) is 13.4. The third-order valence-electron chi connectivity index (χ3n) is 6.43. The number of rotatable bonds is 11. The van der Waals surface area contributed by atoms with Gasteiger partial charge in [0.25, 0.3) is 0 Å². The van der Waals surface area contributed by atoms with Gasteiger partial charge in [0, 0.05) is 29.6 Å². The minimum absolute atomic E-state index is 0.0563. The van der Waals surface area contributed by atoms with Crippen LogP contribution in [-0.4, -0.2) is 46.5 Å². The molecule has 0 unspecified atom stereocenters. The maximum Gasteiger partial charge on any atom is 0.199 e. The number of aromatic amines is 1. The predicted octanol–water partition coefficient (Wildman–Crippen LogP) is 7.07. The standard InChI is InChI=1S/C31H37N3O3/c1-6-34(21(4)5)20-22-14-16-24(17-15-22)32-30(23-12-10-9-11-13-23)29-25-18-27(36-7-2)28(37-8-3)19-26(25)33-31(29)35/h9-19,21,33,35H,6-8,20H2,1-5H3. The van der Waals surface area contributed by atoms with Gasteiger partial charge in [-0.1, -0.05) is 49.4 Å². The van der Waals surface area contributed by atoms with Gasteiger partial charge in [0.05, 0.1) is 35.7 Å². The molecule has 0 spiro atoms. The maximum atomic E-state index is 11.1. The van der Waals surface area contributed by atoms with Gasteiger partial charge in [0.1, 0.15) is 0 Å². The minimum atomic E-state index is 0.0563. The van der Waals surface area contributed by atoms with Gasteiger partial charge in [-0.15, -0.1) is 0 Å². The number of fused-ring (bicyclic) bond motifs is 1. The van der Waals surface area contributed by atoms with Crippen LogP contribution in [0, 0.1) is 0 Å². The summed E-state index contributed by atoms with van der Waals surface area (Å²) in [6, 6.07) is 22.6. The Kier molecular flexibility index (Phi) is 8.51.